The van der Waals surface area contributed by atoms with Crippen LogP contribution in [0.2, 0.25) is 0 Å². The largest absolute Gasteiger partial charge is 0.376 e. The standard InChI is InChI=1S/C12H21N5O/c1-7(2)10-11(14-6-15-12(10)17-13)16-9-4-5-18-8(9)3/h6-9H,4-5,13H2,1-3H3,(H2,14,15,16,17). The second-order valence-corrected chi connectivity index (χ2v) is 4.90. The van der Waals surface area contributed by atoms with Gasteiger partial charge < -0.3 is 15.5 Å². The van der Waals surface area contributed by atoms with Gasteiger partial charge in [-0.1, -0.05) is 13.8 Å². The van der Waals surface area contributed by atoms with E-state index in [1.165, 1.54) is 6.33 Å². The molecule has 1 aliphatic heterocycles. The molecule has 2 atom stereocenters. The van der Waals surface area contributed by atoms with E-state index in [2.05, 4.69) is 41.5 Å². The summed E-state index contributed by atoms with van der Waals surface area (Å²) >= 11 is 0. The summed E-state index contributed by atoms with van der Waals surface area (Å²) in [5, 5.41) is 3.44. The summed E-state index contributed by atoms with van der Waals surface area (Å²) in [6.07, 6.45) is 2.71. The topological polar surface area (TPSA) is 85.1 Å². The Morgan fingerprint density at radius 2 is 2.11 bits per heavy atom. The molecule has 1 aromatic heterocycles. The number of hydrogen-bond donors (Lipinski definition) is 3. The third-order valence-electron chi connectivity index (χ3n) is 3.30. The minimum Gasteiger partial charge on any atom is -0.376 e. The van der Waals surface area contributed by atoms with Gasteiger partial charge in [-0.2, -0.15) is 0 Å². The summed E-state index contributed by atoms with van der Waals surface area (Å²) in [4.78, 5) is 8.49. The summed E-state index contributed by atoms with van der Waals surface area (Å²) in [5.74, 6) is 7.31. The van der Waals surface area contributed by atoms with Crippen molar-refractivity contribution in [2.45, 2.75) is 45.3 Å². The van der Waals surface area contributed by atoms with Crippen LogP contribution in [0.4, 0.5) is 11.6 Å². The minimum absolute atomic E-state index is 0.203. The Balaban J connectivity index is 2.26. The first-order chi connectivity index (χ1) is 8.63. The quantitative estimate of drug-likeness (QED) is 0.555. The monoisotopic (exact) mass is 251 g/mol. The molecule has 1 saturated heterocycles. The maximum Gasteiger partial charge on any atom is 0.148 e. The normalized spacial score (nSPS) is 23.4. The molecule has 0 bridgehead atoms. The SMILES string of the molecule is CC(C)c1c(NN)ncnc1NC1CCOC1C. The predicted octanol–water partition coefficient (Wildman–Crippen LogP) is 1.47. The lowest BCUT2D eigenvalue weighted by molar-refractivity contribution is 0.121. The van der Waals surface area contributed by atoms with Gasteiger partial charge in [0, 0.05) is 12.2 Å². The lowest BCUT2D eigenvalue weighted by atomic mass is 10.0. The van der Waals surface area contributed by atoms with E-state index in [1.54, 1.807) is 0 Å². The molecule has 2 rings (SSSR count). The molecule has 18 heavy (non-hydrogen) atoms. The second-order valence-electron chi connectivity index (χ2n) is 4.90. The van der Waals surface area contributed by atoms with Crippen LogP contribution in [0.1, 0.15) is 38.7 Å². The van der Waals surface area contributed by atoms with E-state index in [9.17, 15) is 0 Å². The Hall–Kier alpha value is -1.40. The molecular formula is C12H21N5O. The molecule has 1 aromatic rings. The maximum absolute atomic E-state index is 5.55. The summed E-state index contributed by atoms with van der Waals surface area (Å²) in [6, 6.07) is 0.294. The molecule has 1 fully saturated rings. The average molecular weight is 251 g/mol. The van der Waals surface area contributed by atoms with E-state index in [0.717, 1.165) is 24.4 Å². The van der Waals surface area contributed by atoms with Gasteiger partial charge in [-0.3, -0.25) is 0 Å². The van der Waals surface area contributed by atoms with Crippen LogP contribution in [0.25, 0.3) is 0 Å². The van der Waals surface area contributed by atoms with Crippen molar-refractivity contribution in [2.24, 2.45) is 5.84 Å². The molecule has 6 heteroatoms. The van der Waals surface area contributed by atoms with Crippen molar-refractivity contribution in [3.63, 3.8) is 0 Å². The molecule has 1 aliphatic rings. The van der Waals surface area contributed by atoms with E-state index in [1.807, 2.05) is 0 Å². The number of aromatic nitrogens is 2. The average Bonchev–Trinajstić information content (AvgIpc) is 2.74. The highest BCUT2D eigenvalue weighted by molar-refractivity contribution is 5.58. The molecular weight excluding hydrogens is 230 g/mol. The van der Waals surface area contributed by atoms with Crippen LogP contribution in [0.3, 0.4) is 0 Å². The summed E-state index contributed by atoms with van der Waals surface area (Å²) in [5.41, 5.74) is 3.64. The highest BCUT2D eigenvalue weighted by atomic mass is 16.5. The van der Waals surface area contributed by atoms with E-state index < -0.39 is 0 Å². The smallest absolute Gasteiger partial charge is 0.148 e. The number of hydrazine groups is 1. The van der Waals surface area contributed by atoms with Crippen LogP contribution in [-0.2, 0) is 4.74 Å². The van der Waals surface area contributed by atoms with Gasteiger partial charge >= 0.3 is 0 Å². The predicted molar refractivity (Wildman–Crippen MR) is 71.4 cm³/mol. The number of rotatable bonds is 4. The molecule has 0 spiro atoms. The Morgan fingerprint density at radius 3 is 2.67 bits per heavy atom. The van der Waals surface area contributed by atoms with Gasteiger partial charge in [-0.05, 0) is 19.3 Å². The van der Waals surface area contributed by atoms with Crippen LogP contribution in [-0.4, -0.2) is 28.7 Å². The highest BCUT2D eigenvalue weighted by Gasteiger charge is 2.26. The number of hydrogen-bond acceptors (Lipinski definition) is 6. The fourth-order valence-electron chi connectivity index (χ4n) is 2.27. The van der Waals surface area contributed by atoms with Crippen molar-refractivity contribution in [1.82, 2.24) is 9.97 Å². The first kappa shape index (κ1) is 13.0. The van der Waals surface area contributed by atoms with Crippen molar-refractivity contribution in [3.05, 3.63) is 11.9 Å². The van der Waals surface area contributed by atoms with Crippen molar-refractivity contribution in [1.29, 1.82) is 0 Å². The maximum atomic E-state index is 5.55. The number of ether oxygens (including phenoxy) is 1. The summed E-state index contributed by atoms with van der Waals surface area (Å²) in [6.45, 7) is 7.06. The van der Waals surface area contributed by atoms with E-state index in [-0.39, 0.29) is 12.0 Å². The van der Waals surface area contributed by atoms with Crippen LogP contribution >= 0.6 is 0 Å². The number of nitrogens with two attached hydrogens (primary N) is 1. The number of anilines is 2. The molecule has 0 radical (unpaired) electrons. The highest BCUT2D eigenvalue weighted by Crippen LogP contribution is 2.29. The molecule has 0 aromatic carbocycles. The van der Waals surface area contributed by atoms with Gasteiger partial charge in [0.05, 0.1) is 12.1 Å². The third kappa shape index (κ3) is 2.54. The zero-order valence-electron chi connectivity index (χ0n) is 11.1. The molecule has 100 valence electrons. The van der Waals surface area contributed by atoms with Crippen molar-refractivity contribution >= 4 is 11.6 Å². The Bertz CT molecular complexity index is 409. The Labute approximate surface area is 107 Å². The first-order valence-corrected chi connectivity index (χ1v) is 6.33. The Morgan fingerprint density at radius 1 is 1.39 bits per heavy atom. The molecule has 2 heterocycles. The third-order valence-corrected chi connectivity index (χ3v) is 3.30. The number of nitrogens with one attached hydrogen (secondary N) is 2. The molecule has 0 amide bonds. The van der Waals surface area contributed by atoms with Crippen molar-refractivity contribution < 1.29 is 4.74 Å². The zero-order valence-corrected chi connectivity index (χ0v) is 11.1. The summed E-state index contributed by atoms with van der Waals surface area (Å²) in [7, 11) is 0. The van der Waals surface area contributed by atoms with Crippen LogP contribution in [0, 0.1) is 0 Å². The van der Waals surface area contributed by atoms with Gasteiger partial charge in [-0.25, -0.2) is 15.8 Å². The first-order valence-electron chi connectivity index (χ1n) is 6.33. The van der Waals surface area contributed by atoms with Gasteiger partial charge in [0.2, 0.25) is 0 Å². The molecule has 6 nitrogen and oxygen atoms in total. The second kappa shape index (κ2) is 5.49. The zero-order chi connectivity index (χ0) is 13.1. The lowest BCUT2D eigenvalue weighted by Crippen LogP contribution is -2.28. The Kier molecular flexibility index (Phi) is 3.98. The van der Waals surface area contributed by atoms with Gasteiger partial charge in [0.15, 0.2) is 0 Å². The molecule has 4 N–H and O–H groups in total. The molecule has 0 saturated carbocycles. The number of nitrogen functional groups attached to an aromatic ring is 1. The lowest BCUT2D eigenvalue weighted by Gasteiger charge is -2.21. The van der Waals surface area contributed by atoms with Crippen LogP contribution in [0.5, 0.6) is 0 Å². The van der Waals surface area contributed by atoms with Gasteiger partial charge in [0.25, 0.3) is 0 Å². The van der Waals surface area contributed by atoms with Gasteiger partial charge in [-0.15, -0.1) is 0 Å². The van der Waals surface area contributed by atoms with Crippen molar-refractivity contribution in [3.8, 4) is 0 Å². The number of nitrogens with zero attached hydrogens (tertiary/aromatic N) is 2. The van der Waals surface area contributed by atoms with Crippen molar-refractivity contribution in [2.75, 3.05) is 17.3 Å². The fraction of sp³-hybridized carbons (Fsp3) is 0.667. The van der Waals surface area contributed by atoms with Crippen LogP contribution in [0.15, 0.2) is 6.33 Å². The molecule has 2 unspecified atom stereocenters. The summed E-state index contributed by atoms with van der Waals surface area (Å²) < 4.78 is 5.55. The van der Waals surface area contributed by atoms with E-state index in [0.29, 0.717) is 11.9 Å². The van der Waals surface area contributed by atoms with Crippen LogP contribution < -0.4 is 16.6 Å². The van der Waals surface area contributed by atoms with E-state index in [4.69, 9.17) is 10.6 Å². The fourth-order valence-corrected chi connectivity index (χ4v) is 2.27. The van der Waals surface area contributed by atoms with E-state index >= 15 is 0 Å². The minimum atomic E-state index is 0.203. The van der Waals surface area contributed by atoms with Gasteiger partial charge in [0.1, 0.15) is 18.0 Å². The molecule has 0 aliphatic carbocycles.